The number of benzene rings is 1. The minimum Gasteiger partial charge on any atom is -0.369 e. The minimum absolute atomic E-state index is 0.0328. The number of nitrogens with zero attached hydrogens (tertiary/aromatic N) is 3. The Balaban J connectivity index is 1.43. The first-order valence-electron chi connectivity index (χ1n) is 10.5. The third-order valence-electron chi connectivity index (χ3n) is 6.29. The van der Waals surface area contributed by atoms with Crippen LogP contribution < -0.4 is 0 Å². The van der Waals surface area contributed by atoms with Crippen molar-refractivity contribution in [3.63, 3.8) is 0 Å². The largest absolute Gasteiger partial charge is 0.461 e. The lowest BCUT2D eigenvalue weighted by Gasteiger charge is -2.45. The van der Waals surface area contributed by atoms with Crippen LogP contribution in [0.5, 0.6) is 0 Å². The molecule has 4 rings (SSSR count). The molecule has 7 heteroatoms. The quantitative estimate of drug-likeness (QED) is 0.643. The molecule has 1 saturated heterocycles. The summed E-state index contributed by atoms with van der Waals surface area (Å²) in [7, 11) is 0. The average molecular weight is 435 g/mol. The van der Waals surface area contributed by atoms with E-state index in [0.717, 1.165) is 43.7 Å². The highest BCUT2D eigenvalue weighted by atomic mass is 35.5. The molecule has 0 amide bonds. The SMILES string of the molecule is Cc1cnn(C2CCC(N3C[C@H](C[S+]=O)OC[C@@H]3Cc3ccc(Cl)cc3)CC2)c1. The fraction of sp³-hybridized carbons (Fsp3) is 0.591. The van der Waals surface area contributed by atoms with Gasteiger partial charge in [-0.3, -0.25) is 9.58 Å². The first-order chi connectivity index (χ1) is 14.1. The zero-order valence-corrected chi connectivity index (χ0v) is 18.4. The molecule has 156 valence electrons. The lowest BCUT2D eigenvalue weighted by Crippen LogP contribution is -2.56. The Labute approximate surface area is 181 Å². The number of halogens is 1. The van der Waals surface area contributed by atoms with Crippen molar-refractivity contribution in [3.8, 4) is 0 Å². The van der Waals surface area contributed by atoms with Gasteiger partial charge in [-0.15, -0.1) is 0 Å². The zero-order valence-electron chi connectivity index (χ0n) is 16.9. The van der Waals surface area contributed by atoms with Crippen molar-refractivity contribution in [1.82, 2.24) is 14.7 Å². The molecule has 0 N–H and O–H groups in total. The fourth-order valence-corrected chi connectivity index (χ4v) is 5.24. The topological polar surface area (TPSA) is 47.4 Å². The smallest absolute Gasteiger partial charge is 0.369 e. The molecular weight excluding hydrogens is 406 g/mol. The highest BCUT2D eigenvalue weighted by Gasteiger charge is 2.37. The molecule has 2 aromatic rings. The van der Waals surface area contributed by atoms with E-state index in [4.69, 9.17) is 16.3 Å². The van der Waals surface area contributed by atoms with Gasteiger partial charge in [0.2, 0.25) is 0 Å². The summed E-state index contributed by atoms with van der Waals surface area (Å²) < 4.78 is 19.3. The summed E-state index contributed by atoms with van der Waals surface area (Å²) in [5.41, 5.74) is 2.51. The Kier molecular flexibility index (Phi) is 6.96. The second-order valence-corrected chi connectivity index (χ2v) is 9.39. The molecule has 0 spiro atoms. The van der Waals surface area contributed by atoms with Gasteiger partial charge in [0, 0.05) is 34.1 Å². The van der Waals surface area contributed by atoms with E-state index < -0.39 is 0 Å². The average Bonchev–Trinajstić information content (AvgIpc) is 3.17. The Morgan fingerprint density at radius 3 is 2.55 bits per heavy atom. The van der Waals surface area contributed by atoms with Crippen LogP contribution in [0.2, 0.25) is 5.02 Å². The molecule has 2 aliphatic rings. The van der Waals surface area contributed by atoms with E-state index in [-0.39, 0.29) is 6.10 Å². The molecule has 1 aromatic heterocycles. The van der Waals surface area contributed by atoms with Gasteiger partial charge in [-0.2, -0.15) is 5.10 Å². The Morgan fingerprint density at radius 2 is 1.90 bits per heavy atom. The fourth-order valence-electron chi connectivity index (χ4n) is 4.76. The van der Waals surface area contributed by atoms with E-state index in [0.29, 0.717) is 42.2 Å². The van der Waals surface area contributed by atoms with Gasteiger partial charge >= 0.3 is 11.7 Å². The van der Waals surface area contributed by atoms with Crippen LogP contribution in [0.15, 0.2) is 36.7 Å². The summed E-state index contributed by atoms with van der Waals surface area (Å²) in [6.45, 7) is 3.63. The molecule has 2 heterocycles. The van der Waals surface area contributed by atoms with E-state index in [1.54, 1.807) is 0 Å². The second-order valence-electron chi connectivity index (χ2n) is 8.38. The number of aryl methyl sites for hydroxylation is 1. The number of hydrogen-bond donors (Lipinski definition) is 0. The normalized spacial score (nSPS) is 28.3. The standard InChI is InChI=1S/C22H29ClN3O2S/c1-16-11-24-26(12-16)20-8-6-19(7-9-20)25-13-22(15-29-27)28-14-21(25)10-17-2-4-18(23)5-3-17/h2-5,11-12,19-22H,6-10,13-15H2,1H3/q+1/t19?,20?,21-,22+/m0/s1. The predicted octanol–water partition coefficient (Wildman–Crippen LogP) is 4.07. The highest BCUT2D eigenvalue weighted by Crippen LogP contribution is 2.33. The van der Waals surface area contributed by atoms with E-state index in [2.05, 4.69) is 39.9 Å². The van der Waals surface area contributed by atoms with E-state index in [1.165, 1.54) is 11.1 Å². The van der Waals surface area contributed by atoms with Gasteiger partial charge in [-0.25, -0.2) is 0 Å². The molecule has 1 aliphatic heterocycles. The summed E-state index contributed by atoms with van der Waals surface area (Å²) in [6, 6.07) is 9.52. The molecule has 2 atom stereocenters. The van der Waals surface area contributed by atoms with Crippen molar-refractivity contribution in [1.29, 1.82) is 0 Å². The zero-order chi connectivity index (χ0) is 20.2. The summed E-state index contributed by atoms with van der Waals surface area (Å²) in [6.07, 6.45) is 9.72. The second kappa shape index (κ2) is 9.65. The van der Waals surface area contributed by atoms with Crippen molar-refractivity contribution in [3.05, 3.63) is 52.8 Å². The summed E-state index contributed by atoms with van der Waals surface area (Å²) in [5.74, 6) is 0.520. The summed E-state index contributed by atoms with van der Waals surface area (Å²) in [5, 5.41) is 5.29. The molecule has 2 fully saturated rings. The van der Waals surface area contributed by atoms with Crippen LogP contribution >= 0.6 is 11.6 Å². The van der Waals surface area contributed by atoms with Crippen LogP contribution in [0.25, 0.3) is 0 Å². The molecule has 1 aliphatic carbocycles. The van der Waals surface area contributed by atoms with Gasteiger partial charge in [0.05, 0.1) is 18.8 Å². The third kappa shape index (κ3) is 5.23. The summed E-state index contributed by atoms with van der Waals surface area (Å²) in [4.78, 5) is 2.63. The third-order valence-corrected chi connectivity index (χ3v) is 7.05. The molecular formula is C22H29ClN3O2S+. The molecule has 29 heavy (non-hydrogen) atoms. The van der Waals surface area contributed by atoms with Crippen molar-refractivity contribution in [2.45, 2.75) is 63.3 Å². The lowest BCUT2D eigenvalue weighted by molar-refractivity contribution is -0.0762. The van der Waals surface area contributed by atoms with Crippen LogP contribution in [0.4, 0.5) is 0 Å². The minimum atomic E-state index is 0.0328. The number of ether oxygens (including phenoxy) is 1. The summed E-state index contributed by atoms with van der Waals surface area (Å²) >= 11 is 6.69. The Morgan fingerprint density at radius 1 is 1.17 bits per heavy atom. The predicted molar refractivity (Wildman–Crippen MR) is 117 cm³/mol. The molecule has 0 bridgehead atoms. The number of hydrogen-bond acceptors (Lipinski definition) is 4. The van der Waals surface area contributed by atoms with E-state index in [1.807, 2.05) is 18.3 Å². The van der Waals surface area contributed by atoms with Crippen molar-refractivity contribution in [2.75, 3.05) is 18.9 Å². The maximum Gasteiger partial charge on any atom is 0.461 e. The molecule has 1 aromatic carbocycles. The first-order valence-corrected chi connectivity index (χ1v) is 11.8. The van der Waals surface area contributed by atoms with Gasteiger partial charge in [0.15, 0.2) is 0 Å². The monoisotopic (exact) mass is 434 g/mol. The maximum atomic E-state index is 11.1. The highest BCUT2D eigenvalue weighted by molar-refractivity contribution is 7.65. The number of rotatable bonds is 6. The van der Waals surface area contributed by atoms with Crippen LogP contribution in [-0.4, -0.2) is 51.8 Å². The Hall–Kier alpha value is -1.34. The molecule has 5 nitrogen and oxygen atoms in total. The van der Waals surface area contributed by atoms with Gasteiger partial charge in [0.1, 0.15) is 6.10 Å². The van der Waals surface area contributed by atoms with Crippen molar-refractivity contribution >= 4 is 23.3 Å². The molecule has 0 unspecified atom stereocenters. The van der Waals surface area contributed by atoms with E-state index in [9.17, 15) is 4.21 Å². The number of aromatic nitrogens is 2. The molecule has 0 radical (unpaired) electrons. The Bertz CT molecular complexity index is 805. The van der Waals surface area contributed by atoms with E-state index >= 15 is 0 Å². The van der Waals surface area contributed by atoms with Crippen LogP contribution in [-0.2, 0) is 27.0 Å². The lowest BCUT2D eigenvalue weighted by atomic mass is 9.88. The van der Waals surface area contributed by atoms with Gasteiger partial charge in [0.25, 0.3) is 5.75 Å². The van der Waals surface area contributed by atoms with Gasteiger partial charge < -0.3 is 4.74 Å². The number of morpholine rings is 1. The van der Waals surface area contributed by atoms with Crippen LogP contribution in [0.3, 0.4) is 0 Å². The van der Waals surface area contributed by atoms with Gasteiger partial charge in [-0.1, -0.05) is 23.7 Å². The van der Waals surface area contributed by atoms with Gasteiger partial charge in [-0.05, 0) is 62.3 Å². The van der Waals surface area contributed by atoms with Crippen LogP contribution in [0, 0.1) is 6.92 Å². The van der Waals surface area contributed by atoms with Crippen molar-refractivity contribution < 1.29 is 8.95 Å². The maximum absolute atomic E-state index is 11.1. The first kappa shape index (κ1) is 20.9. The van der Waals surface area contributed by atoms with Crippen LogP contribution in [0.1, 0.15) is 42.9 Å². The molecule has 1 saturated carbocycles. The van der Waals surface area contributed by atoms with Crippen molar-refractivity contribution in [2.24, 2.45) is 0 Å².